The number of likely N-dealkylation sites (tertiary alicyclic amines) is 1. The van der Waals surface area contributed by atoms with Crippen LogP contribution in [-0.2, 0) is 28.1 Å². The van der Waals surface area contributed by atoms with E-state index in [0.29, 0.717) is 32.4 Å². The molecule has 28 heavy (non-hydrogen) atoms. The number of amides is 1. The average Bonchev–Trinajstić information content (AvgIpc) is 3.19. The number of benzene rings is 1. The molecule has 0 radical (unpaired) electrons. The maximum Gasteiger partial charge on any atom is 0.226 e. The lowest BCUT2D eigenvalue weighted by Gasteiger charge is -2.37. The van der Waals surface area contributed by atoms with Crippen molar-refractivity contribution in [2.45, 2.75) is 31.4 Å². The van der Waals surface area contributed by atoms with Crippen LogP contribution >= 0.6 is 11.3 Å². The van der Waals surface area contributed by atoms with Gasteiger partial charge in [-0.25, -0.2) is 4.98 Å². The van der Waals surface area contributed by atoms with Crippen molar-refractivity contribution in [3.63, 3.8) is 0 Å². The first-order chi connectivity index (χ1) is 13.6. The standard InChI is InChI=1S/C21H27N3O3S/c25-20(14-17-4-2-1-3-5-17)24-8-6-21(26,7-9-24)18-16-28-19(22-18)15-23-10-12-27-13-11-23/h1-5,16,26H,6-15H2. The van der Waals surface area contributed by atoms with Crippen LogP contribution in [0.5, 0.6) is 0 Å². The summed E-state index contributed by atoms with van der Waals surface area (Å²) in [6, 6.07) is 9.81. The lowest BCUT2D eigenvalue weighted by molar-refractivity contribution is -0.135. The molecular weight excluding hydrogens is 374 g/mol. The summed E-state index contributed by atoms with van der Waals surface area (Å²) in [6.45, 7) is 5.35. The summed E-state index contributed by atoms with van der Waals surface area (Å²) < 4.78 is 5.39. The van der Waals surface area contributed by atoms with Crippen LogP contribution in [0.1, 0.15) is 29.1 Å². The number of aromatic nitrogens is 1. The van der Waals surface area contributed by atoms with Crippen molar-refractivity contribution in [2.75, 3.05) is 39.4 Å². The van der Waals surface area contributed by atoms with E-state index >= 15 is 0 Å². The molecular formula is C21H27N3O3S. The predicted octanol–water partition coefficient (Wildman–Crippen LogP) is 2.03. The summed E-state index contributed by atoms with van der Waals surface area (Å²) in [6.07, 6.45) is 1.49. The number of hydrogen-bond acceptors (Lipinski definition) is 6. The van der Waals surface area contributed by atoms with Crippen molar-refractivity contribution in [1.82, 2.24) is 14.8 Å². The molecule has 0 spiro atoms. The van der Waals surface area contributed by atoms with E-state index < -0.39 is 5.60 Å². The Labute approximate surface area is 169 Å². The fourth-order valence-electron chi connectivity index (χ4n) is 3.81. The first kappa shape index (κ1) is 19.5. The SMILES string of the molecule is O=C(Cc1ccccc1)N1CCC(O)(c2csc(CN3CCOCC3)n2)CC1. The molecule has 1 N–H and O–H groups in total. The van der Waals surface area contributed by atoms with Gasteiger partial charge in [-0.05, 0) is 18.4 Å². The molecule has 1 amide bonds. The van der Waals surface area contributed by atoms with Crippen LogP contribution < -0.4 is 0 Å². The van der Waals surface area contributed by atoms with Crippen molar-refractivity contribution in [3.8, 4) is 0 Å². The van der Waals surface area contributed by atoms with Crippen molar-refractivity contribution in [2.24, 2.45) is 0 Å². The summed E-state index contributed by atoms with van der Waals surface area (Å²) in [5.74, 6) is 0.125. The third-order valence-corrected chi connectivity index (χ3v) is 6.47. The van der Waals surface area contributed by atoms with Gasteiger partial charge in [-0.2, -0.15) is 0 Å². The van der Waals surface area contributed by atoms with Gasteiger partial charge in [-0.3, -0.25) is 9.69 Å². The molecule has 0 saturated carbocycles. The first-order valence-corrected chi connectivity index (χ1v) is 10.8. The minimum absolute atomic E-state index is 0.125. The summed E-state index contributed by atoms with van der Waals surface area (Å²) in [5.41, 5.74) is 0.861. The number of carbonyl (C=O) groups excluding carboxylic acids is 1. The second-order valence-electron chi connectivity index (χ2n) is 7.59. The van der Waals surface area contributed by atoms with E-state index in [0.717, 1.165) is 49.1 Å². The highest BCUT2D eigenvalue weighted by Crippen LogP contribution is 2.34. The topological polar surface area (TPSA) is 65.9 Å². The van der Waals surface area contributed by atoms with Crippen LogP contribution in [-0.4, -0.2) is 65.2 Å². The number of ether oxygens (including phenoxy) is 1. The van der Waals surface area contributed by atoms with Crippen LogP contribution in [0.3, 0.4) is 0 Å². The minimum atomic E-state index is -0.927. The van der Waals surface area contributed by atoms with Crippen LogP contribution in [0, 0.1) is 0 Å². The van der Waals surface area contributed by atoms with Gasteiger partial charge in [0.25, 0.3) is 0 Å². The molecule has 2 aliphatic rings. The van der Waals surface area contributed by atoms with E-state index in [2.05, 4.69) is 4.90 Å². The molecule has 2 aliphatic heterocycles. The van der Waals surface area contributed by atoms with E-state index in [1.165, 1.54) is 0 Å². The number of morpholine rings is 1. The zero-order valence-electron chi connectivity index (χ0n) is 16.0. The molecule has 6 nitrogen and oxygen atoms in total. The largest absolute Gasteiger partial charge is 0.383 e. The van der Waals surface area contributed by atoms with Crippen molar-refractivity contribution in [3.05, 3.63) is 52.0 Å². The summed E-state index contributed by atoms with van der Waals surface area (Å²) in [4.78, 5) is 21.5. The van der Waals surface area contributed by atoms with E-state index in [-0.39, 0.29) is 5.91 Å². The second-order valence-corrected chi connectivity index (χ2v) is 8.53. The Morgan fingerprint density at radius 3 is 2.57 bits per heavy atom. The minimum Gasteiger partial charge on any atom is -0.383 e. The fourth-order valence-corrected chi connectivity index (χ4v) is 4.74. The van der Waals surface area contributed by atoms with E-state index in [1.807, 2.05) is 40.6 Å². The molecule has 1 aromatic carbocycles. The van der Waals surface area contributed by atoms with E-state index in [4.69, 9.17) is 9.72 Å². The smallest absolute Gasteiger partial charge is 0.226 e. The number of thiazole rings is 1. The van der Waals surface area contributed by atoms with Gasteiger partial charge >= 0.3 is 0 Å². The monoisotopic (exact) mass is 401 g/mol. The highest BCUT2D eigenvalue weighted by molar-refractivity contribution is 7.09. The Balaban J connectivity index is 1.32. The molecule has 2 aromatic rings. The molecule has 2 fully saturated rings. The Hall–Kier alpha value is -1.80. The summed E-state index contributed by atoms with van der Waals surface area (Å²) in [5, 5.41) is 14.1. The van der Waals surface area contributed by atoms with Gasteiger partial charge in [0.05, 0.1) is 31.9 Å². The molecule has 150 valence electrons. The first-order valence-electron chi connectivity index (χ1n) is 9.91. The molecule has 0 unspecified atom stereocenters. The molecule has 7 heteroatoms. The van der Waals surface area contributed by atoms with Gasteiger partial charge in [0.15, 0.2) is 0 Å². The Bertz CT molecular complexity index is 781. The van der Waals surface area contributed by atoms with Gasteiger partial charge in [0, 0.05) is 31.6 Å². The Morgan fingerprint density at radius 1 is 1.14 bits per heavy atom. The number of piperidine rings is 1. The lowest BCUT2D eigenvalue weighted by atomic mass is 9.88. The third-order valence-electron chi connectivity index (χ3n) is 5.63. The maximum atomic E-state index is 12.6. The number of nitrogens with zero attached hydrogens (tertiary/aromatic N) is 3. The lowest BCUT2D eigenvalue weighted by Crippen LogP contribution is -2.45. The third kappa shape index (κ3) is 4.60. The predicted molar refractivity (Wildman–Crippen MR) is 108 cm³/mol. The normalized spacial score (nSPS) is 20.2. The summed E-state index contributed by atoms with van der Waals surface area (Å²) in [7, 11) is 0. The van der Waals surface area contributed by atoms with Crippen LogP contribution in [0.15, 0.2) is 35.7 Å². The van der Waals surface area contributed by atoms with Crippen LogP contribution in [0.2, 0.25) is 0 Å². The maximum absolute atomic E-state index is 12.6. The highest BCUT2D eigenvalue weighted by atomic mass is 32.1. The van der Waals surface area contributed by atoms with Gasteiger partial charge < -0.3 is 14.7 Å². The zero-order chi connectivity index (χ0) is 19.4. The molecule has 0 atom stereocenters. The van der Waals surface area contributed by atoms with E-state index in [1.54, 1.807) is 11.3 Å². The number of hydrogen-bond donors (Lipinski definition) is 1. The van der Waals surface area contributed by atoms with Gasteiger partial charge in [0.2, 0.25) is 5.91 Å². The van der Waals surface area contributed by atoms with Crippen molar-refractivity contribution in [1.29, 1.82) is 0 Å². The van der Waals surface area contributed by atoms with Crippen LogP contribution in [0.4, 0.5) is 0 Å². The number of carbonyl (C=O) groups is 1. The molecule has 4 rings (SSSR count). The second kappa shape index (κ2) is 8.69. The van der Waals surface area contributed by atoms with Gasteiger partial charge in [-0.15, -0.1) is 11.3 Å². The van der Waals surface area contributed by atoms with Gasteiger partial charge in [0.1, 0.15) is 10.6 Å². The van der Waals surface area contributed by atoms with Gasteiger partial charge in [-0.1, -0.05) is 30.3 Å². The molecule has 1 aromatic heterocycles. The molecule has 2 saturated heterocycles. The summed E-state index contributed by atoms with van der Waals surface area (Å²) >= 11 is 1.61. The molecule has 0 aliphatic carbocycles. The average molecular weight is 402 g/mol. The van der Waals surface area contributed by atoms with Crippen molar-refractivity contribution >= 4 is 17.2 Å². The Kier molecular flexibility index (Phi) is 6.06. The fraction of sp³-hybridized carbons (Fsp3) is 0.524. The zero-order valence-corrected chi connectivity index (χ0v) is 16.9. The highest BCUT2D eigenvalue weighted by Gasteiger charge is 2.37. The molecule has 0 bridgehead atoms. The Morgan fingerprint density at radius 2 is 1.86 bits per heavy atom. The molecule has 3 heterocycles. The quantitative estimate of drug-likeness (QED) is 0.831. The van der Waals surface area contributed by atoms with Crippen LogP contribution in [0.25, 0.3) is 0 Å². The number of aliphatic hydroxyl groups is 1. The number of rotatable bonds is 5. The van der Waals surface area contributed by atoms with Crippen molar-refractivity contribution < 1.29 is 14.6 Å². The van der Waals surface area contributed by atoms with E-state index in [9.17, 15) is 9.90 Å².